The highest BCUT2D eigenvalue weighted by atomic mass is 16.5. The van der Waals surface area contributed by atoms with Gasteiger partial charge in [-0.1, -0.05) is 48.5 Å². The smallest absolute Gasteiger partial charge is 0.125 e. The molecule has 0 spiro atoms. The minimum Gasteiger partial charge on any atom is -0.489 e. The maximum Gasteiger partial charge on any atom is 0.125 e. The number of hydrogen-bond donors (Lipinski definition) is 1. The maximum atomic E-state index is 9.54. The van der Waals surface area contributed by atoms with Gasteiger partial charge in [-0.25, -0.2) is 0 Å². The van der Waals surface area contributed by atoms with Gasteiger partial charge in [0, 0.05) is 5.56 Å². The van der Waals surface area contributed by atoms with E-state index in [9.17, 15) is 5.11 Å². The Bertz CT molecular complexity index is 560. The quantitative estimate of drug-likeness (QED) is 0.934. The van der Waals surface area contributed by atoms with Crippen LogP contribution in [0.1, 0.15) is 30.1 Å². The lowest BCUT2D eigenvalue weighted by Gasteiger charge is -2.27. The van der Waals surface area contributed by atoms with Crippen molar-refractivity contribution in [1.82, 2.24) is 0 Å². The summed E-state index contributed by atoms with van der Waals surface area (Å²) in [6, 6.07) is 18.1. The molecule has 3 rings (SSSR count). The molecule has 0 bridgehead atoms. The maximum absolute atomic E-state index is 9.54. The van der Waals surface area contributed by atoms with Gasteiger partial charge < -0.3 is 14.6 Å². The predicted molar refractivity (Wildman–Crippen MR) is 81.1 cm³/mol. The van der Waals surface area contributed by atoms with Crippen molar-refractivity contribution < 1.29 is 14.6 Å². The zero-order valence-corrected chi connectivity index (χ0v) is 11.9. The summed E-state index contributed by atoms with van der Waals surface area (Å²) in [7, 11) is 0. The van der Waals surface area contributed by atoms with Crippen LogP contribution in [0.25, 0.3) is 0 Å². The van der Waals surface area contributed by atoms with Gasteiger partial charge in [0.2, 0.25) is 0 Å². The van der Waals surface area contributed by atoms with Crippen LogP contribution in [-0.2, 0) is 11.3 Å². The Balaban J connectivity index is 1.70. The monoisotopic (exact) mass is 284 g/mol. The molecule has 2 aromatic carbocycles. The standard InChI is InChI=1S/C18H20O3/c19-15-10-11-18(21-13-15)16-8-4-5-9-17(16)20-12-14-6-2-1-3-7-14/h1-9,15,18-19H,10-13H2/t15-,18-/m1/s1. The second-order valence-corrected chi connectivity index (χ2v) is 5.37. The van der Waals surface area contributed by atoms with Gasteiger partial charge in [-0.2, -0.15) is 0 Å². The summed E-state index contributed by atoms with van der Waals surface area (Å²) in [5.41, 5.74) is 2.22. The molecule has 1 N–H and O–H groups in total. The molecule has 1 aliphatic rings. The van der Waals surface area contributed by atoms with Crippen molar-refractivity contribution in [2.45, 2.75) is 31.7 Å². The molecule has 0 aliphatic carbocycles. The van der Waals surface area contributed by atoms with E-state index >= 15 is 0 Å². The summed E-state index contributed by atoms with van der Waals surface area (Å²) in [6.45, 7) is 0.949. The van der Waals surface area contributed by atoms with E-state index in [2.05, 4.69) is 12.1 Å². The van der Waals surface area contributed by atoms with Crippen molar-refractivity contribution in [1.29, 1.82) is 0 Å². The van der Waals surface area contributed by atoms with E-state index < -0.39 is 0 Å². The SMILES string of the molecule is O[C@@H]1CC[C@H](c2ccccc2OCc2ccccc2)OC1. The van der Waals surface area contributed by atoms with Crippen LogP contribution in [0.2, 0.25) is 0 Å². The van der Waals surface area contributed by atoms with Gasteiger partial charge in [-0.15, -0.1) is 0 Å². The molecule has 0 amide bonds. The number of ether oxygens (including phenoxy) is 2. The molecule has 110 valence electrons. The average Bonchev–Trinajstić information content (AvgIpc) is 2.55. The van der Waals surface area contributed by atoms with Crippen LogP contribution < -0.4 is 4.74 Å². The van der Waals surface area contributed by atoms with Crippen molar-refractivity contribution in [2.75, 3.05) is 6.61 Å². The van der Waals surface area contributed by atoms with Crippen molar-refractivity contribution in [3.63, 3.8) is 0 Å². The van der Waals surface area contributed by atoms with E-state index in [1.165, 1.54) is 0 Å². The van der Waals surface area contributed by atoms with Crippen LogP contribution in [-0.4, -0.2) is 17.8 Å². The summed E-state index contributed by atoms with van der Waals surface area (Å²) < 4.78 is 11.7. The fourth-order valence-electron chi connectivity index (χ4n) is 2.60. The van der Waals surface area contributed by atoms with Gasteiger partial charge in [-0.3, -0.25) is 0 Å². The van der Waals surface area contributed by atoms with Crippen LogP contribution in [0.5, 0.6) is 5.75 Å². The van der Waals surface area contributed by atoms with Crippen molar-refractivity contribution >= 4 is 0 Å². The van der Waals surface area contributed by atoms with Gasteiger partial charge in [0.05, 0.1) is 18.8 Å². The summed E-state index contributed by atoms with van der Waals surface area (Å²) in [5, 5.41) is 9.54. The van der Waals surface area contributed by atoms with E-state index in [-0.39, 0.29) is 12.2 Å². The molecule has 0 radical (unpaired) electrons. The molecule has 0 unspecified atom stereocenters. The molecule has 2 atom stereocenters. The first-order chi connectivity index (χ1) is 10.3. The minimum absolute atomic E-state index is 0.0142. The summed E-state index contributed by atoms with van der Waals surface area (Å²) in [6.07, 6.45) is 1.28. The molecule has 1 fully saturated rings. The first-order valence-electron chi connectivity index (χ1n) is 7.38. The lowest BCUT2D eigenvalue weighted by Crippen LogP contribution is -2.24. The number of aliphatic hydroxyl groups is 1. The molecule has 1 aliphatic heterocycles. The summed E-state index contributed by atoms with van der Waals surface area (Å²) >= 11 is 0. The fraction of sp³-hybridized carbons (Fsp3) is 0.333. The molecule has 1 saturated heterocycles. The highest BCUT2D eigenvalue weighted by molar-refractivity contribution is 5.35. The van der Waals surface area contributed by atoms with E-state index in [4.69, 9.17) is 9.47 Å². The normalized spacial score (nSPS) is 22.0. The zero-order valence-electron chi connectivity index (χ0n) is 11.9. The van der Waals surface area contributed by atoms with Gasteiger partial charge in [-0.05, 0) is 24.5 Å². The van der Waals surface area contributed by atoms with E-state index in [0.717, 1.165) is 29.7 Å². The number of rotatable bonds is 4. The molecular formula is C18H20O3. The van der Waals surface area contributed by atoms with Crippen molar-refractivity contribution in [2.24, 2.45) is 0 Å². The largest absolute Gasteiger partial charge is 0.489 e. The van der Waals surface area contributed by atoms with Gasteiger partial charge in [0.25, 0.3) is 0 Å². The topological polar surface area (TPSA) is 38.7 Å². The third-order valence-electron chi connectivity index (χ3n) is 3.75. The van der Waals surface area contributed by atoms with Crippen LogP contribution in [0.3, 0.4) is 0 Å². The first-order valence-corrected chi connectivity index (χ1v) is 7.38. The minimum atomic E-state index is -0.335. The number of para-hydroxylation sites is 1. The first kappa shape index (κ1) is 14.1. The highest BCUT2D eigenvalue weighted by Gasteiger charge is 2.23. The predicted octanol–water partition coefficient (Wildman–Crippen LogP) is 3.48. The highest BCUT2D eigenvalue weighted by Crippen LogP contribution is 2.34. The number of aliphatic hydroxyl groups excluding tert-OH is 1. The summed E-state index contributed by atoms with van der Waals surface area (Å²) in [5.74, 6) is 0.864. The molecule has 0 saturated carbocycles. The van der Waals surface area contributed by atoms with E-state index in [0.29, 0.717) is 13.2 Å². The Morgan fingerprint density at radius 2 is 1.76 bits per heavy atom. The van der Waals surface area contributed by atoms with E-state index in [1.54, 1.807) is 0 Å². The Labute approximate surface area is 125 Å². The third-order valence-corrected chi connectivity index (χ3v) is 3.75. The number of benzene rings is 2. The zero-order chi connectivity index (χ0) is 14.5. The van der Waals surface area contributed by atoms with Crippen molar-refractivity contribution in [3.05, 3.63) is 65.7 Å². The van der Waals surface area contributed by atoms with Crippen LogP contribution in [0, 0.1) is 0 Å². The molecule has 3 heteroatoms. The average molecular weight is 284 g/mol. The van der Waals surface area contributed by atoms with Gasteiger partial charge in [0.15, 0.2) is 0 Å². The van der Waals surface area contributed by atoms with Crippen LogP contribution in [0.4, 0.5) is 0 Å². The Morgan fingerprint density at radius 3 is 2.52 bits per heavy atom. The summed E-state index contributed by atoms with van der Waals surface area (Å²) in [4.78, 5) is 0. The second kappa shape index (κ2) is 6.74. The number of hydrogen-bond acceptors (Lipinski definition) is 3. The molecule has 21 heavy (non-hydrogen) atoms. The van der Waals surface area contributed by atoms with Crippen LogP contribution in [0.15, 0.2) is 54.6 Å². The second-order valence-electron chi connectivity index (χ2n) is 5.37. The Kier molecular flexibility index (Phi) is 4.53. The lowest BCUT2D eigenvalue weighted by atomic mass is 9.99. The molecule has 2 aromatic rings. The lowest BCUT2D eigenvalue weighted by molar-refractivity contribution is -0.0577. The Hall–Kier alpha value is -1.84. The molecule has 0 aromatic heterocycles. The third kappa shape index (κ3) is 3.63. The molecule has 1 heterocycles. The van der Waals surface area contributed by atoms with E-state index in [1.807, 2.05) is 42.5 Å². The van der Waals surface area contributed by atoms with Crippen LogP contribution >= 0.6 is 0 Å². The Morgan fingerprint density at radius 1 is 1.00 bits per heavy atom. The molecule has 3 nitrogen and oxygen atoms in total. The van der Waals surface area contributed by atoms with Gasteiger partial charge in [0.1, 0.15) is 12.4 Å². The van der Waals surface area contributed by atoms with Gasteiger partial charge >= 0.3 is 0 Å². The fourth-order valence-corrected chi connectivity index (χ4v) is 2.60. The van der Waals surface area contributed by atoms with Crippen molar-refractivity contribution in [3.8, 4) is 5.75 Å². The molecular weight excluding hydrogens is 264 g/mol.